The van der Waals surface area contributed by atoms with E-state index in [1.807, 2.05) is 19.9 Å². The van der Waals surface area contributed by atoms with Crippen molar-refractivity contribution in [2.75, 3.05) is 5.32 Å². The third-order valence-electron chi connectivity index (χ3n) is 4.45. The maximum atomic E-state index is 12.0. The third-order valence-corrected chi connectivity index (χ3v) is 4.45. The molecular formula is C17H23N3O3. The van der Waals surface area contributed by atoms with Crippen LogP contribution in [0.2, 0.25) is 0 Å². The zero-order valence-electron chi connectivity index (χ0n) is 13.7. The Bertz CT molecular complexity index is 668. The summed E-state index contributed by atoms with van der Waals surface area (Å²) in [5.74, 6) is 2.49. The first-order valence-electron chi connectivity index (χ1n) is 8.32. The SMILES string of the molecule is Cc1cc(-c2nnc(NC(=O)CCC3CCCCC3)o2)c(C)o1. The molecule has 0 atom stereocenters. The molecule has 0 bridgehead atoms. The van der Waals surface area contributed by atoms with Crippen LogP contribution in [0.1, 0.15) is 56.5 Å². The van der Waals surface area contributed by atoms with Gasteiger partial charge in [-0.1, -0.05) is 37.2 Å². The molecule has 23 heavy (non-hydrogen) atoms. The number of anilines is 1. The van der Waals surface area contributed by atoms with Crippen LogP contribution in [-0.2, 0) is 4.79 Å². The molecule has 1 aliphatic carbocycles. The van der Waals surface area contributed by atoms with E-state index in [0.29, 0.717) is 18.2 Å². The molecule has 1 amide bonds. The minimum atomic E-state index is -0.0640. The second-order valence-corrected chi connectivity index (χ2v) is 6.33. The van der Waals surface area contributed by atoms with Gasteiger partial charge in [-0.25, -0.2) is 0 Å². The molecule has 0 radical (unpaired) electrons. The van der Waals surface area contributed by atoms with E-state index in [9.17, 15) is 4.79 Å². The van der Waals surface area contributed by atoms with Crippen molar-refractivity contribution in [1.29, 1.82) is 0 Å². The fourth-order valence-electron chi connectivity index (χ4n) is 3.22. The van der Waals surface area contributed by atoms with Crippen LogP contribution in [0.4, 0.5) is 6.01 Å². The largest absolute Gasteiger partial charge is 0.466 e. The molecule has 0 saturated heterocycles. The van der Waals surface area contributed by atoms with Crippen LogP contribution in [0.15, 0.2) is 14.9 Å². The lowest BCUT2D eigenvalue weighted by molar-refractivity contribution is -0.116. The molecule has 6 nitrogen and oxygen atoms in total. The van der Waals surface area contributed by atoms with E-state index in [1.165, 1.54) is 32.1 Å². The van der Waals surface area contributed by atoms with Crippen molar-refractivity contribution >= 4 is 11.9 Å². The van der Waals surface area contributed by atoms with Gasteiger partial charge in [0.25, 0.3) is 5.89 Å². The lowest BCUT2D eigenvalue weighted by Gasteiger charge is -2.20. The number of carbonyl (C=O) groups excluding carboxylic acids is 1. The molecule has 124 valence electrons. The molecule has 1 aliphatic rings. The van der Waals surface area contributed by atoms with Crippen LogP contribution in [0.5, 0.6) is 0 Å². The molecule has 0 unspecified atom stereocenters. The lowest BCUT2D eigenvalue weighted by Crippen LogP contribution is -2.15. The van der Waals surface area contributed by atoms with Crippen molar-refractivity contribution < 1.29 is 13.6 Å². The van der Waals surface area contributed by atoms with E-state index in [1.54, 1.807) is 0 Å². The number of amides is 1. The average molecular weight is 317 g/mol. The number of rotatable bonds is 5. The first-order valence-corrected chi connectivity index (χ1v) is 8.32. The maximum absolute atomic E-state index is 12.0. The summed E-state index contributed by atoms with van der Waals surface area (Å²) in [6.07, 6.45) is 7.86. The number of hydrogen-bond donors (Lipinski definition) is 1. The molecule has 0 aliphatic heterocycles. The van der Waals surface area contributed by atoms with Gasteiger partial charge in [-0.15, -0.1) is 5.10 Å². The molecule has 1 fully saturated rings. The monoisotopic (exact) mass is 317 g/mol. The van der Waals surface area contributed by atoms with Crippen LogP contribution in [0.25, 0.3) is 11.5 Å². The van der Waals surface area contributed by atoms with Crippen molar-refractivity contribution in [3.8, 4) is 11.5 Å². The van der Waals surface area contributed by atoms with Gasteiger partial charge in [-0.05, 0) is 32.3 Å². The molecule has 2 aromatic heterocycles. The number of hydrogen-bond acceptors (Lipinski definition) is 5. The summed E-state index contributed by atoms with van der Waals surface area (Å²) in [5, 5.41) is 10.5. The second kappa shape index (κ2) is 6.98. The predicted octanol–water partition coefficient (Wildman–Crippen LogP) is 4.25. The van der Waals surface area contributed by atoms with Gasteiger partial charge >= 0.3 is 6.01 Å². The van der Waals surface area contributed by atoms with Gasteiger partial charge in [0.1, 0.15) is 11.5 Å². The molecule has 1 saturated carbocycles. The summed E-state index contributed by atoms with van der Waals surface area (Å²) < 4.78 is 11.0. The van der Waals surface area contributed by atoms with Gasteiger partial charge in [0.15, 0.2) is 0 Å². The Balaban J connectivity index is 1.54. The zero-order valence-corrected chi connectivity index (χ0v) is 13.7. The maximum Gasteiger partial charge on any atom is 0.322 e. The first-order chi connectivity index (χ1) is 11.1. The number of aromatic nitrogens is 2. The van der Waals surface area contributed by atoms with E-state index in [0.717, 1.165) is 23.5 Å². The standard InChI is InChI=1S/C17H23N3O3/c1-11-10-14(12(2)22-11)16-19-20-17(23-16)18-15(21)9-8-13-6-4-3-5-7-13/h10,13H,3-9H2,1-2H3,(H,18,20,21). The van der Waals surface area contributed by atoms with Crippen molar-refractivity contribution in [1.82, 2.24) is 10.2 Å². The van der Waals surface area contributed by atoms with Gasteiger partial charge in [0.05, 0.1) is 5.56 Å². The molecule has 2 heterocycles. The fourth-order valence-corrected chi connectivity index (χ4v) is 3.22. The number of furan rings is 1. The van der Waals surface area contributed by atoms with E-state index in [4.69, 9.17) is 8.83 Å². The first kappa shape index (κ1) is 15.8. The quantitative estimate of drug-likeness (QED) is 0.891. The van der Waals surface area contributed by atoms with E-state index < -0.39 is 0 Å². The Morgan fingerprint density at radius 3 is 2.70 bits per heavy atom. The Kier molecular flexibility index (Phi) is 4.79. The van der Waals surface area contributed by atoms with Crippen molar-refractivity contribution in [3.05, 3.63) is 17.6 Å². The van der Waals surface area contributed by atoms with Crippen LogP contribution >= 0.6 is 0 Å². The highest BCUT2D eigenvalue weighted by Gasteiger charge is 2.18. The Morgan fingerprint density at radius 1 is 1.22 bits per heavy atom. The molecule has 0 spiro atoms. The van der Waals surface area contributed by atoms with Gasteiger partial charge in [-0.3, -0.25) is 10.1 Å². The highest BCUT2D eigenvalue weighted by atomic mass is 16.4. The van der Waals surface area contributed by atoms with Crippen LogP contribution in [0, 0.1) is 19.8 Å². The van der Waals surface area contributed by atoms with Crippen LogP contribution in [0.3, 0.4) is 0 Å². The number of nitrogens with one attached hydrogen (secondary N) is 1. The molecule has 2 aromatic rings. The predicted molar refractivity (Wildman–Crippen MR) is 85.9 cm³/mol. The van der Waals surface area contributed by atoms with Crippen molar-refractivity contribution in [3.63, 3.8) is 0 Å². The minimum Gasteiger partial charge on any atom is -0.466 e. The summed E-state index contributed by atoms with van der Waals surface area (Å²) >= 11 is 0. The average Bonchev–Trinajstić information content (AvgIpc) is 3.12. The van der Waals surface area contributed by atoms with Gasteiger partial charge in [-0.2, -0.15) is 0 Å². The summed E-state index contributed by atoms with van der Waals surface area (Å²) in [5.41, 5.74) is 0.762. The second-order valence-electron chi connectivity index (χ2n) is 6.33. The smallest absolute Gasteiger partial charge is 0.322 e. The lowest BCUT2D eigenvalue weighted by atomic mass is 9.86. The zero-order chi connectivity index (χ0) is 16.2. The van der Waals surface area contributed by atoms with E-state index >= 15 is 0 Å². The van der Waals surface area contributed by atoms with E-state index in [2.05, 4.69) is 15.5 Å². The summed E-state index contributed by atoms with van der Waals surface area (Å²) in [7, 11) is 0. The summed E-state index contributed by atoms with van der Waals surface area (Å²) in [4.78, 5) is 12.0. The fraction of sp³-hybridized carbons (Fsp3) is 0.588. The molecular weight excluding hydrogens is 294 g/mol. The Labute approximate surface area is 135 Å². The Morgan fingerprint density at radius 2 is 2.00 bits per heavy atom. The summed E-state index contributed by atoms with van der Waals surface area (Å²) in [6, 6.07) is 1.99. The number of aryl methyl sites for hydroxylation is 2. The molecule has 6 heteroatoms. The van der Waals surface area contributed by atoms with E-state index in [-0.39, 0.29) is 11.9 Å². The molecule has 1 N–H and O–H groups in total. The molecule has 3 rings (SSSR count). The highest BCUT2D eigenvalue weighted by Crippen LogP contribution is 2.28. The van der Waals surface area contributed by atoms with Crippen molar-refractivity contribution in [2.24, 2.45) is 5.92 Å². The number of carbonyl (C=O) groups is 1. The molecule has 0 aromatic carbocycles. The minimum absolute atomic E-state index is 0.0640. The third kappa shape index (κ3) is 4.00. The van der Waals surface area contributed by atoms with Crippen LogP contribution < -0.4 is 5.32 Å². The Hall–Kier alpha value is -2.11. The topological polar surface area (TPSA) is 81.2 Å². The highest BCUT2D eigenvalue weighted by molar-refractivity contribution is 5.88. The van der Waals surface area contributed by atoms with Gasteiger partial charge in [0.2, 0.25) is 5.91 Å². The number of nitrogens with zero attached hydrogens (tertiary/aromatic N) is 2. The normalized spacial score (nSPS) is 15.7. The van der Waals surface area contributed by atoms with Crippen LogP contribution in [-0.4, -0.2) is 16.1 Å². The summed E-state index contributed by atoms with van der Waals surface area (Å²) in [6.45, 7) is 3.70. The van der Waals surface area contributed by atoms with Gasteiger partial charge in [0, 0.05) is 6.42 Å². The van der Waals surface area contributed by atoms with Crippen molar-refractivity contribution in [2.45, 2.75) is 58.8 Å². The van der Waals surface area contributed by atoms with Gasteiger partial charge < -0.3 is 8.83 Å².